The van der Waals surface area contributed by atoms with Crippen LogP contribution in [0.4, 0.5) is 8.78 Å². The lowest BCUT2D eigenvalue weighted by molar-refractivity contribution is -0.0498. The SMILES string of the molecule is CN=C(NCc1ccc(-n2nc(C)cc2C)nc1)N(C)Cc1ccc(OC(F)F)cc1. The summed E-state index contributed by atoms with van der Waals surface area (Å²) in [5.41, 5.74) is 3.94. The number of hydrogen-bond donors (Lipinski definition) is 1. The highest BCUT2D eigenvalue weighted by molar-refractivity contribution is 5.79. The molecule has 2 aromatic heterocycles. The van der Waals surface area contributed by atoms with Gasteiger partial charge < -0.3 is 15.0 Å². The first-order valence-electron chi connectivity index (χ1n) is 9.80. The number of nitrogens with one attached hydrogen (secondary N) is 1. The Labute approximate surface area is 180 Å². The first-order chi connectivity index (χ1) is 14.9. The van der Waals surface area contributed by atoms with Crippen LogP contribution in [-0.2, 0) is 13.1 Å². The van der Waals surface area contributed by atoms with Gasteiger partial charge in [0.2, 0.25) is 0 Å². The van der Waals surface area contributed by atoms with E-state index >= 15 is 0 Å². The molecule has 0 bridgehead atoms. The zero-order valence-electron chi connectivity index (χ0n) is 18.0. The summed E-state index contributed by atoms with van der Waals surface area (Å²) in [4.78, 5) is 10.8. The molecule has 0 aliphatic carbocycles. The molecule has 1 N–H and O–H groups in total. The monoisotopic (exact) mass is 428 g/mol. The Morgan fingerprint density at radius 2 is 1.87 bits per heavy atom. The van der Waals surface area contributed by atoms with Crippen LogP contribution in [0.15, 0.2) is 53.7 Å². The average molecular weight is 428 g/mol. The van der Waals surface area contributed by atoms with Crippen molar-refractivity contribution in [3.05, 3.63) is 71.2 Å². The lowest BCUT2D eigenvalue weighted by Gasteiger charge is -2.22. The van der Waals surface area contributed by atoms with E-state index in [1.54, 1.807) is 19.2 Å². The van der Waals surface area contributed by atoms with Gasteiger partial charge in [0.1, 0.15) is 5.75 Å². The van der Waals surface area contributed by atoms with Crippen LogP contribution in [0.2, 0.25) is 0 Å². The second kappa shape index (κ2) is 10.0. The van der Waals surface area contributed by atoms with Gasteiger partial charge in [-0.1, -0.05) is 18.2 Å². The number of alkyl halides is 2. The number of aliphatic imine (C=N–C) groups is 1. The molecule has 0 aliphatic heterocycles. The molecular formula is C22H26F2N6O. The minimum Gasteiger partial charge on any atom is -0.435 e. The standard InChI is InChI=1S/C22H26F2N6O/c1-15-11-16(2)30(28-15)20-10-7-18(12-26-20)13-27-22(25-3)29(4)14-17-5-8-19(9-6-17)31-21(23)24/h5-12,21H,13-14H2,1-4H3,(H,25,27). The Morgan fingerprint density at radius 1 is 1.16 bits per heavy atom. The van der Waals surface area contributed by atoms with Gasteiger partial charge in [0.15, 0.2) is 11.8 Å². The number of hydrogen-bond acceptors (Lipinski definition) is 4. The molecule has 0 spiro atoms. The molecule has 0 atom stereocenters. The fourth-order valence-electron chi connectivity index (χ4n) is 3.20. The summed E-state index contributed by atoms with van der Waals surface area (Å²) in [6, 6.07) is 12.5. The topological polar surface area (TPSA) is 67.6 Å². The van der Waals surface area contributed by atoms with Gasteiger partial charge in [-0.2, -0.15) is 13.9 Å². The van der Waals surface area contributed by atoms with E-state index in [0.717, 1.165) is 28.3 Å². The molecule has 1 aromatic carbocycles. The van der Waals surface area contributed by atoms with Gasteiger partial charge in [0, 0.05) is 39.1 Å². The van der Waals surface area contributed by atoms with Crippen molar-refractivity contribution < 1.29 is 13.5 Å². The number of ether oxygens (including phenoxy) is 1. The van der Waals surface area contributed by atoms with Gasteiger partial charge >= 0.3 is 6.61 Å². The van der Waals surface area contributed by atoms with Crippen molar-refractivity contribution in [3.8, 4) is 11.6 Å². The fraction of sp³-hybridized carbons (Fsp3) is 0.318. The fourth-order valence-corrected chi connectivity index (χ4v) is 3.20. The van der Waals surface area contributed by atoms with Crippen molar-refractivity contribution in [2.24, 2.45) is 4.99 Å². The molecule has 9 heteroatoms. The molecule has 31 heavy (non-hydrogen) atoms. The van der Waals surface area contributed by atoms with E-state index in [1.807, 2.05) is 54.9 Å². The van der Waals surface area contributed by atoms with Crippen LogP contribution in [0.25, 0.3) is 5.82 Å². The predicted molar refractivity (Wildman–Crippen MR) is 116 cm³/mol. The highest BCUT2D eigenvalue weighted by Crippen LogP contribution is 2.16. The summed E-state index contributed by atoms with van der Waals surface area (Å²) in [6.45, 7) is 2.24. The summed E-state index contributed by atoms with van der Waals surface area (Å²) in [6.07, 6.45) is 1.81. The van der Waals surface area contributed by atoms with E-state index in [4.69, 9.17) is 0 Å². The summed E-state index contributed by atoms with van der Waals surface area (Å²) in [5.74, 6) is 1.62. The molecule has 0 fully saturated rings. The highest BCUT2D eigenvalue weighted by atomic mass is 19.3. The van der Waals surface area contributed by atoms with Crippen LogP contribution in [0.3, 0.4) is 0 Å². The summed E-state index contributed by atoms with van der Waals surface area (Å²) in [7, 11) is 3.62. The number of aryl methyl sites for hydroxylation is 2. The minimum absolute atomic E-state index is 0.139. The van der Waals surface area contributed by atoms with Crippen molar-refractivity contribution in [1.29, 1.82) is 0 Å². The number of aromatic nitrogens is 3. The Balaban J connectivity index is 1.56. The van der Waals surface area contributed by atoms with Crippen molar-refractivity contribution in [1.82, 2.24) is 25.0 Å². The van der Waals surface area contributed by atoms with E-state index in [-0.39, 0.29) is 5.75 Å². The van der Waals surface area contributed by atoms with Crippen molar-refractivity contribution in [2.45, 2.75) is 33.5 Å². The molecular weight excluding hydrogens is 402 g/mol. The van der Waals surface area contributed by atoms with Crippen LogP contribution in [-0.4, -0.2) is 46.3 Å². The zero-order valence-corrected chi connectivity index (χ0v) is 18.0. The number of pyridine rings is 1. The number of guanidine groups is 1. The molecule has 0 saturated carbocycles. The van der Waals surface area contributed by atoms with E-state index in [9.17, 15) is 8.78 Å². The Bertz CT molecular complexity index is 1020. The van der Waals surface area contributed by atoms with Gasteiger partial charge in [0.25, 0.3) is 0 Å². The Hall–Kier alpha value is -3.49. The molecule has 3 aromatic rings. The average Bonchev–Trinajstić information content (AvgIpc) is 3.08. The lowest BCUT2D eigenvalue weighted by Crippen LogP contribution is -2.38. The maximum absolute atomic E-state index is 12.3. The second-order valence-corrected chi connectivity index (χ2v) is 7.14. The summed E-state index contributed by atoms with van der Waals surface area (Å²) in [5, 5.41) is 7.76. The second-order valence-electron chi connectivity index (χ2n) is 7.14. The molecule has 164 valence electrons. The quantitative estimate of drug-likeness (QED) is 0.459. The van der Waals surface area contributed by atoms with E-state index in [2.05, 4.69) is 25.1 Å². The normalized spacial score (nSPS) is 11.6. The number of nitrogens with zero attached hydrogens (tertiary/aromatic N) is 5. The highest BCUT2D eigenvalue weighted by Gasteiger charge is 2.09. The number of benzene rings is 1. The third kappa shape index (κ3) is 6.00. The number of rotatable bonds is 7. The predicted octanol–water partition coefficient (Wildman–Crippen LogP) is 3.69. The van der Waals surface area contributed by atoms with Crippen LogP contribution in [0.1, 0.15) is 22.5 Å². The van der Waals surface area contributed by atoms with Crippen LogP contribution in [0, 0.1) is 13.8 Å². The van der Waals surface area contributed by atoms with Gasteiger partial charge in [-0.3, -0.25) is 4.99 Å². The van der Waals surface area contributed by atoms with Crippen LogP contribution >= 0.6 is 0 Å². The molecule has 0 aliphatic rings. The maximum Gasteiger partial charge on any atom is 0.387 e. The third-order valence-corrected chi connectivity index (χ3v) is 4.63. The summed E-state index contributed by atoms with van der Waals surface area (Å²) < 4.78 is 30.7. The van der Waals surface area contributed by atoms with E-state index in [0.29, 0.717) is 19.0 Å². The van der Waals surface area contributed by atoms with Gasteiger partial charge in [-0.15, -0.1) is 0 Å². The summed E-state index contributed by atoms with van der Waals surface area (Å²) >= 11 is 0. The smallest absolute Gasteiger partial charge is 0.387 e. The maximum atomic E-state index is 12.3. The molecule has 3 rings (SSSR count). The first kappa shape index (κ1) is 22.2. The Kier molecular flexibility index (Phi) is 7.17. The molecule has 0 amide bonds. The molecule has 7 nitrogen and oxygen atoms in total. The first-order valence-corrected chi connectivity index (χ1v) is 9.80. The van der Waals surface area contributed by atoms with Gasteiger partial charge in [-0.25, -0.2) is 9.67 Å². The molecule has 0 radical (unpaired) electrons. The van der Waals surface area contributed by atoms with E-state index in [1.165, 1.54) is 12.1 Å². The lowest BCUT2D eigenvalue weighted by atomic mass is 10.2. The molecule has 0 unspecified atom stereocenters. The molecule has 2 heterocycles. The number of halogens is 2. The van der Waals surface area contributed by atoms with Crippen LogP contribution < -0.4 is 10.1 Å². The van der Waals surface area contributed by atoms with Gasteiger partial charge in [0.05, 0.1) is 5.69 Å². The van der Waals surface area contributed by atoms with Crippen molar-refractivity contribution in [3.63, 3.8) is 0 Å². The minimum atomic E-state index is -2.83. The Morgan fingerprint density at radius 3 is 2.42 bits per heavy atom. The zero-order chi connectivity index (χ0) is 22.4. The van der Waals surface area contributed by atoms with Crippen molar-refractivity contribution in [2.75, 3.05) is 14.1 Å². The molecule has 0 saturated heterocycles. The third-order valence-electron chi connectivity index (χ3n) is 4.63. The van der Waals surface area contributed by atoms with Crippen LogP contribution in [0.5, 0.6) is 5.75 Å². The van der Waals surface area contributed by atoms with Crippen molar-refractivity contribution >= 4 is 5.96 Å². The van der Waals surface area contributed by atoms with Gasteiger partial charge in [-0.05, 0) is 49.2 Å². The largest absolute Gasteiger partial charge is 0.435 e. The van der Waals surface area contributed by atoms with E-state index < -0.39 is 6.61 Å².